The zero-order chi connectivity index (χ0) is 13.3. The van der Waals surface area contributed by atoms with Crippen molar-refractivity contribution in [3.05, 3.63) is 41.9 Å². The van der Waals surface area contributed by atoms with E-state index in [1.54, 1.807) is 19.1 Å². The number of anilines is 1. The zero-order valence-electron chi connectivity index (χ0n) is 10.5. The van der Waals surface area contributed by atoms with Crippen LogP contribution in [0.1, 0.15) is 11.4 Å². The Bertz CT molecular complexity index is 644. The normalized spacial score (nSPS) is 11.5. The molecule has 0 aliphatic rings. The highest BCUT2D eigenvalue weighted by atomic mass is 32.2. The molecule has 0 atom stereocenters. The third kappa shape index (κ3) is 2.24. The second-order valence-electron chi connectivity index (χ2n) is 4.14. The average Bonchev–Trinajstić information content (AvgIpc) is 2.76. The molecule has 0 bridgehead atoms. The van der Waals surface area contributed by atoms with Gasteiger partial charge < -0.3 is 4.98 Å². The second-order valence-corrected chi connectivity index (χ2v) is 6.08. The zero-order valence-corrected chi connectivity index (χ0v) is 11.3. The molecule has 18 heavy (non-hydrogen) atoms. The van der Waals surface area contributed by atoms with Crippen LogP contribution in [-0.4, -0.2) is 25.4 Å². The number of benzene rings is 1. The molecule has 96 valence electrons. The lowest BCUT2D eigenvalue weighted by Crippen LogP contribution is -2.26. The minimum atomic E-state index is -3.57. The van der Waals surface area contributed by atoms with Crippen molar-refractivity contribution in [1.82, 2.24) is 9.97 Å². The molecule has 1 N–H and O–H groups in total. The van der Waals surface area contributed by atoms with Gasteiger partial charge in [0.2, 0.25) is 0 Å². The summed E-state index contributed by atoms with van der Waals surface area (Å²) in [5.74, 6) is 0.575. The fraction of sp³-hybridized carbons (Fsp3) is 0.250. The van der Waals surface area contributed by atoms with Crippen LogP contribution in [0.25, 0.3) is 0 Å². The van der Waals surface area contributed by atoms with Crippen LogP contribution in [-0.2, 0) is 10.0 Å². The lowest BCUT2D eigenvalue weighted by atomic mass is 10.2. The molecule has 0 spiro atoms. The Hall–Kier alpha value is -1.82. The number of aromatic amines is 1. The van der Waals surface area contributed by atoms with Gasteiger partial charge in [0, 0.05) is 7.05 Å². The maximum atomic E-state index is 12.3. The molecular weight excluding hydrogens is 250 g/mol. The Kier molecular flexibility index (Phi) is 3.13. The summed E-state index contributed by atoms with van der Waals surface area (Å²) in [4.78, 5) is 6.65. The molecule has 5 nitrogen and oxygen atoms in total. The summed E-state index contributed by atoms with van der Waals surface area (Å²) in [6.07, 6.45) is 1.33. The minimum absolute atomic E-state index is 0.100. The summed E-state index contributed by atoms with van der Waals surface area (Å²) in [6, 6.07) is 7.30. The van der Waals surface area contributed by atoms with Gasteiger partial charge >= 0.3 is 0 Å². The van der Waals surface area contributed by atoms with Crippen molar-refractivity contribution in [3.63, 3.8) is 0 Å². The van der Waals surface area contributed by atoms with Crippen LogP contribution >= 0.6 is 0 Å². The first-order valence-electron chi connectivity index (χ1n) is 5.48. The Morgan fingerprint density at radius 1 is 1.17 bits per heavy atom. The quantitative estimate of drug-likeness (QED) is 0.921. The topological polar surface area (TPSA) is 66.1 Å². The van der Waals surface area contributed by atoms with Gasteiger partial charge in [-0.1, -0.05) is 17.7 Å². The molecule has 2 rings (SSSR count). The van der Waals surface area contributed by atoms with Crippen LogP contribution in [0, 0.1) is 13.8 Å². The molecule has 6 heteroatoms. The number of nitrogens with zero attached hydrogens (tertiary/aromatic N) is 2. The highest BCUT2D eigenvalue weighted by Gasteiger charge is 2.23. The molecule has 1 aromatic carbocycles. The van der Waals surface area contributed by atoms with Crippen LogP contribution in [0.3, 0.4) is 0 Å². The number of sulfonamides is 1. The highest BCUT2D eigenvalue weighted by molar-refractivity contribution is 7.92. The van der Waals surface area contributed by atoms with Crippen LogP contribution in [0.15, 0.2) is 35.5 Å². The van der Waals surface area contributed by atoms with Gasteiger partial charge in [-0.3, -0.25) is 4.31 Å². The molecule has 1 heterocycles. The molecule has 0 aliphatic carbocycles. The molecule has 0 saturated heterocycles. The minimum Gasteiger partial charge on any atom is -0.332 e. The number of rotatable bonds is 3. The van der Waals surface area contributed by atoms with Gasteiger partial charge in [0.15, 0.2) is 5.03 Å². The Morgan fingerprint density at radius 3 is 2.28 bits per heavy atom. The van der Waals surface area contributed by atoms with Gasteiger partial charge in [-0.25, -0.2) is 4.98 Å². The van der Waals surface area contributed by atoms with Crippen molar-refractivity contribution >= 4 is 15.7 Å². The van der Waals surface area contributed by atoms with E-state index in [-0.39, 0.29) is 5.03 Å². The van der Waals surface area contributed by atoms with Crippen LogP contribution in [0.5, 0.6) is 0 Å². The van der Waals surface area contributed by atoms with E-state index >= 15 is 0 Å². The van der Waals surface area contributed by atoms with Crippen molar-refractivity contribution < 1.29 is 8.42 Å². The van der Waals surface area contributed by atoms with Gasteiger partial charge in [0.25, 0.3) is 10.0 Å². The first-order chi connectivity index (χ1) is 8.41. The lowest BCUT2D eigenvalue weighted by Gasteiger charge is -2.18. The maximum absolute atomic E-state index is 12.3. The first kappa shape index (κ1) is 12.6. The summed E-state index contributed by atoms with van der Waals surface area (Å²) in [6.45, 7) is 3.67. The van der Waals surface area contributed by atoms with Gasteiger partial charge in [-0.05, 0) is 26.0 Å². The van der Waals surface area contributed by atoms with E-state index in [0.717, 1.165) is 5.56 Å². The standard InChI is InChI=1S/C12H15N3O2S/c1-9-4-6-11(7-5-9)15(3)18(16,17)12-8-13-10(2)14-12/h4-8H,1-3H3,(H,13,14). The molecule has 0 saturated carbocycles. The van der Waals surface area contributed by atoms with Crippen molar-refractivity contribution in [2.24, 2.45) is 0 Å². The van der Waals surface area contributed by atoms with E-state index in [4.69, 9.17) is 0 Å². The fourth-order valence-corrected chi connectivity index (χ4v) is 2.73. The number of nitrogens with one attached hydrogen (secondary N) is 1. The van der Waals surface area contributed by atoms with Crippen molar-refractivity contribution in [2.75, 3.05) is 11.4 Å². The van der Waals surface area contributed by atoms with Crippen molar-refractivity contribution in [2.45, 2.75) is 18.9 Å². The van der Waals surface area contributed by atoms with E-state index in [0.29, 0.717) is 11.5 Å². The number of hydrogen-bond donors (Lipinski definition) is 1. The van der Waals surface area contributed by atoms with E-state index < -0.39 is 10.0 Å². The fourth-order valence-electron chi connectivity index (χ4n) is 1.57. The monoisotopic (exact) mass is 265 g/mol. The highest BCUT2D eigenvalue weighted by Crippen LogP contribution is 2.21. The molecule has 0 unspecified atom stereocenters. The molecule has 2 aromatic rings. The number of imidazole rings is 1. The SMILES string of the molecule is Cc1ccc(N(C)S(=O)(=O)c2cnc(C)[nH]2)cc1. The number of hydrogen-bond acceptors (Lipinski definition) is 3. The molecule has 0 radical (unpaired) electrons. The smallest absolute Gasteiger partial charge is 0.281 e. The Labute approximate surface area is 107 Å². The van der Waals surface area contributed by atoms with Crippen LogP contribution in [0.2, 0.25) is 0 Å². The Balaban J connectivity index is 2.39. The number of aromatic nitrogens is 2. The maximum Gasteiger partial charge on any atom is 0.281 e. The van der Waals surface area contributed by atoms with Gasteiger partial charge in [-0.2, -0.15) is 8.42 Å². The van der Waals surface area contributed by atoms with Gasteiger partial charge in [-0.15, -0.1) is 0 Å². The van der Waals surface area contributed by atoms with Crippen LogP contribution < -0.4 is 4.31 Å². The summed E-state index contributed by atoms with van der Waals surface area (Å²) in [7, 11) is -2.04. The summed E-state index contributed by atoms with van der Waals surface area (Å²) in [5.41, 5.74) is 1.70. The van der Waals surface area contributed by atoms with Gasteiger partial charge in [0.05, 0.1) is 11.9 Å². The van der Waals surface area contributed by atoms with E-state index in [9.17, 15) is 8.42 Å². The van der Waals surface area contributed by atoms with Crippen LogP contribution in [0.4, 0.5) is 5.69 Å². The second kappa shape index (κ2) is 4.45. The molecule has 0 fully saturated rings. The molecule has 0 aliphatic heterocycles. The predicted molar refractivity (Wildman–Crippen MR) is 70.1 cm³/mol. The Morgan fingerprint density at radius 2 is 1.78 bits per heavy atom. The largest absolute Gasteiger partial charge is 0.332 e. The van der Waals surface area contributed by atoms with E-state index in [1.807, 2.05) is 19.1 Å². The predicted octanol–water partition coefficient (Wildman–Crippen LogP) is 1.85. The summed E-state index contributed by atoms with van der Waals surface area (Å²) >= 11 is 0. The number of H-pyrrole nitrogens is 1. The summed E-state index contributed by atoms with van der Waals surface area (Å²) < 4.78 is 25.8. The molecule has 0 amide bonds. The first-order valence-corrected chi connectivity index (χ1v) is 6.92. The number of aryl methyl sites for hydroxylation is 2. The molecular formula is C12H15N3O2S. The average molecular weight is 265 g/mol. The summed E-state index contributed by atoms with van der Waals surface area (Å²) in [5, 5.41) is 0.100. The van der Waals surface area contributed by atoms with Crippen molar-refractivity contribution in [1.29, 1.82) is 0 Å². The van der Waals surface area contributed by atoms with Gasteiger partial charge in [0.1, 0.15) is 5.82 Å². The molecule has 1 aromatic heterocycles. The van der Waals surface area contributed by atoms with E-state index in [2.05, 4.69) is 9.97 Å². The third-order valence-corrected chi connectivity index (χ3v) is 4.41. The third-order valence-electron chi connectivity index (χ3n) is 2.72. The van der Waals surface area contributed by atoms with Crippen molar-refractivity contribution in [3.8, 4) is 0 Å². The lowest BCUT2D eigenvalue weighted by molar-refractivity contribution is 0.591. The van der Waals surface area contributed by atoms with E-state index in [1.165, 1.54) is 17.5 Å².